The number of esters is 1. The van der Waals surface area contributed by atoms with Gasteiger partial charge >= 0.3 is 18.0 Å². The van der Waals surface area contributed by atoms with Crippen LogP contribution in [0, 0.1) is 13.8 Å². The van der Waals surface area contributed by atoms with Crippen molar-refractivity contribution in [3.05, 3.63) is 29.3 Å². The van der Waals surface area contributed by atoms with Crippen molar-refractivity contribution in [3.8, 4) is 0 Å². The van der Waals surface area contributed by atoms with Crippen molar-refractivity contribution in [1.82, 2.24) is 5.32 Å². The Kier molecular flexibility index (Phi) is 5.71. The maximum atomic E-state index is 11.9. The van der Waals surface area contributed by atoms with Gasteiger partial charge in [0.2, 0.25) is 0 Å². The summed E-state index contributed by atoms with van der Waals surface area (Å²) in [6, 6.07) is 3.47. The molecule has 0 aliphatic rings. The topological polar surface area (TPSA) is 105 Å². The third-order valence-corrected chi connectivity index (χ3v) is 2.92. The number of amides is 2. The smallest absolute Gasteiger partial charge is 0.326 e. The maximum Gasteiger partial charge on any atom is 0.326 e. The Bertz CT molecular complexity index is 536. The monoisotopic (exact) mass is 294 g/mol. The van der Waals surface area contributed by atoms with Gasteiger partial charge in [-0.05, 0) is 25.0 Å². The number of ether oxygens (including phenoxy) is 1. The van der Waals surface area contributed by atoms with Crippen LogP contribution in [0.5, 0.6) is 0 Å². The van der Waals surface area contributed by atoms with Gasteiger partial charge < -0.3 is 20.5 Å². The third-order valence-electron chi connectivity index (χ3n) is 2.92. The van der Waals surface area contributed by atoms with Gasteiger partial charge in [0.25, 0.3) is 0 Å². The third kappa shape index (κ3) is 4.79. The van der Waals surface area contributed by atoms with E-state index in [-0.39, 0.29) is 0 Å². The van der Waals surface area contributed by atoms with Gasteiger partial charge in [-0.2, -0.15) is 0 Å². The van der Waals surface area contributed by atoms with Crippen LogP contribution in [0.4, 0.5) is 10.5 Å². The minimum atomic E-state index is -1.35. The van der Waals surface area contributed by atoms with Crippen molar-refractivity contribution in [1.29, 1.82) is 0 Å². The van der Waals surface area contributed by atoms with Crippen LogP contribution in [-0.2, 0) is 14.3 Å². The van der Waals surface area contributed by atoms with Crippen molar-refractivity contribution in [2.45, 2.75) is 26.3 Å². The molecule has 7 heteroatoms. The number of hydrogen-bond acceptors (Lipinski definition) is 4. The molecule has 2 amide bonds. The van der Waals surface area contributed by atoms with E-state index >= 15 is 0 Å². The zero-order valence-corrected chi connectivity index (χ0v) is 12.1. The van der Waals surface area contributed by atoms with Gasteiger partial charge in [0.05, 0.1) is 13.5 Å². The summed E-state index contributed by atoms with van der Waals surface area (Å²) in [5.74, 6) is -2.02. The van der Waals surface area contributed by atoms with Gasteiger partial charge in [0.1, 0.15) is 6.04 Å². The highest BCUT2D eigenvalue weighted by atomic mass is 16.5. The number of rotatable bonds is 5. The first-order valence-corrected chi connectivity index (χ1v) is 6.28. The Labute approximate surface area is 122 Å². The Hall–Kier alpha value is -2.57. The summed E-state index contributed by atoms with van der Waals surface area (Å²) in [6.45, 7) is 3.65. The summed E-state index contributed by atoms with van der Waals surface area (Å²) in [4.78, 5) is 34.0. The molecule has 3 N–H and O–H groups in total. The van der Waals surface area contributed by atoms with Crippen LogP contribution in [0.2, 0.25) is 0 Å². The average Bonchev–Trinajstić information content (AvgIpc) is 2.42. The summed E-state index contributed by atoms with van der Waals surface area (Å²) < 4.78 is 4.39. The van der Waals surface area contributed by atoms with E-state index in [4.69, 9.17) is 5.11 Å². The van der Waals surface area contributed by atoms with Crippen LogP contribution in [0.1, 0.15) is 17.5 Å². The zero-order valence-electron chi connectivity index (χ0n) is 12.1. The lowest BCUT2D eigenvalue weighted by atomic mass is 10.1. The van der Waals surface area contributed by atoms with Crippen molar-refractivity contribution in [2.75, 3.05) is 12.4 Å². The second kappa shape index (κ2) is 7.28. The van der Waals surface area contributed by atoms with Crippen LogP contribution in [-0.4, -0.2) is 36.2 Å². The molecule has 7 nitrogen and oxygen atoms in total. The molecule has 1 aromatic rings. The minimum Gasteiger partial charge on any atom is -0.480 e. The lowest BCUT2D eigenvalue weighted by molar-refractivity contribution is -0.147. The fraction of sp³-hybridized carbons (Fsp3) is 0.357. The minimum absolute atomic E-state index is 0.438. The number of carboxylic acids is 1. The second-order valence-electron chi connectivity index (χ2n) is 4.54. The van der Waals surface area contributed by atoms with Crippen LogP contribution >= 0.6 is 0 Å². The van der Waals surface area contributed by atoms with E-state index in [0.717, 1.165) is 18.2 Å². The number of nitrogens with one attached hydrogen (secondary N) is 2. The van der Waals surface area contributed by atoms with Gasteiger partial charge in [0, 0.05) is 5.69 Å². The van der Waals surface area contributed by atoms with Gasteiger partial charge in [-0.3, -0.25) is 4.79 Å². The van der Waals surface area contributed by atoms with Crippen molar-refractivity contribution >= 4 is 23.7 Å². The number of aryl methyl sites for hydroxylation is 2. The Balaban J connectivity index is 2.74. The fourth-order valence-electron chi connectivity index (χ4n) is 1.77. The molecule has 0 heterocycles. The molecular formula is C14H18N2O5. The highest BCUT2D eigenvalue weighted by Crippen LogP contribution is 2.19. The van der Waals surface area contributed by atoms with E-state index < -0.39 is 30.4 Å². The maximum absolute atomic E-state index is 11.9. The SMILES string of the molecule is COC(=O)C[C@H](NC(=O)Nc1c(C)cccc1C)C(=O)O. The summed E-state index contributed by atoms with van der Waals surface area (Å²) in [5.41, 5.74) is 2.31. The first-order chi connectivity index (χ1) is 9.85. The van der Waals surface area contributed by atoms with E-state index in [1.807, 2.05) is 32.0 Å². The Morgan fingerprint density at radius 2 is 1.81 bits per heavy atom. The standard InChI is InChI=1S/C14H18N2O5/c1-8-5-4-6-9(2)12(8)16-14(20)15-10(13(18)19)7-11(17)21-3/h4-6,10H,7H2,1-3H3,(H,18,19)(H2,15,16,20)/t10-/m0/s1. The summed E-state index contributed by atoms with van der Waals surface area (Å²) in [7, 11) is 1.15. The van der Waals surface area contributed by atoms with E-state index in [9.17, 15) is 14.4 Å². The van der Waals surface area contributed by atoms with Crippen LogP contribution < -0.4 is 10.6 Å². The molecule has 0 saturated carbocycles. The number of urea groups is 1. The first-order valence-electron chi connectivity index (χ1n) is 6.28. The molecule has 0 spiro atoms. The molecule has 0 radical (unpaired) electrons. The number of carbonyl (C=O) groups excluding carboxylic acids is 2. The lowest BCUT2D eigenvalue weighted by Crippen LogP contribution is -2.44. The molecule has 21 heavy (non-hydrogen) atoms. The van der Waals surface area contributed by atoms with Crippen molar-refractivity contribution in [3.63, 3.8) is 0 Å². The first kappa shape index (κ1) is 16.5. The second-order valence-corrected chi connectivity index (χ2v) is 4.54. The number of hydrogen-bond donors (Lipinski definition) is 3. The number of benzene rings is 1. The number of para-hydroxylation sites is 1. The van der Waals surface area contributed by atoms with E-state index in [1.165, 1.54) is 0 Å². The van der Waals surface area contributed by atoms with Crippen LogP contribution in [0.15, 0.2) is 18.2 Å². The highest BCUT2D eigenvalue weighted by molar-refractivity contribution is 5.94. The Morgan fingerprint density at radius 3 is 2.29 bits per heavy atom. The fourth-order valence-corrected chi connectivity index (χ4v) is 1.77. The number of aliphatic carboxylic acids is 1. The van der Waals surface area contributed by atoms with Gasteiger partial charge in [-0.1, -0.05) is 18.2 Å². The van der Waals surface area contributed by atoms with Crippen LogP contribution in [0.3, 0.4) is 0 Å². The largest absolute Gasteiger partial charge is 0.480 e. The molecular weight excluding hydrogens is 276 g/mol. The molecule has 1 atom stereocenters. The molecule has 0 aromatic heterocycles. The van der Waals surface area contributed by atoms with Gasteiger partial charge in [0.15, 0.2) is 0 Å². The van der Waals surface area contributed by atoms with Gasteiger partial charge in [-0.15, -0.1) is 0 Å². The molecule has 1 rings (SSSR count). The van der Waals surface area contributed by atoms with Crippen molar-refractivity contribution in [2.24, 2.45) is 0 Å². The normalized spacial score (nSPS) is 11.4. The van der Waals surface area contributed by atoms with E-state index in [1.54, 1.807) is 0 Å². The average molecular weight is 294 g/mol. The molecule has 0 bridgehead atoms. The van der Waals surface area contributed by atoms with Gasteiger partial charge in [-0.25, -0.2) is 9.59 Å². The number of anilines is 1. The molecule has 1 aromatic carbocycles. The summed E-state index contributed by atoms with van der Waals surface area (Å²) >= 11 is 0. The molecule has 114 valence electrons. The van der Waals surface area contributed by atoms with E-state index in [0.29, 0.717) is 5.69 Å². The molecule has 0 saturated heterocycles. The molecule has 0 fully saturated rings. The predicted octanol–water partition coefficient (Wildman–Crippen LogP) is 1.44. The van der Waals surface area contributed by atoms with Crippen LogP contribution in [0.25, 0.3) is 0 Å². The molecule has 0 aliphatic carbocycles. The summed E-state index contributed by atoms with van der Waals surface area (Å²) in [6.07, 6.45) is -0.438. The lowest BCUT2D eigenvalue weighted by Gasteiger charge is -2.16. The number of carboxylic acid groups (broad SMARTS) is 1. The summed E-state index contributed by atoms with van der Waals surface area (Å²) in [5, 5.41) is 13.8. The zero-order chi connectivity index (χ0) is 16.0. The molecule has 0 aliphatic heterocycles. The molecule has 0 unspecified atom stereocenters. The predicted molar refractivity (Wildman–Crippen MR) is 76.1 cm³/mol. The number of carbonyl (C=O) groups is 3. The number of methoxy groups -OCH3 is 1. The quantitative estimate of drug-likeness (QED) is 0.713. The highest BCUT2D eigenvalue weighted by Gasteiger charge is 2.24. The van der Waals surface area contributed by atoms with E-state index in [2.05, 4.69) is 15.4 Å². The Morgan fingerprint density at radius 1 is 1.24 bits per heavy atom. The van der Waals surface area contributed by atoms with Crippen molar-refractivity contribution < 1.29 is 24.2 Å².